The van der Waals surface area contributed by atoms with Crippen LogP contribution in [-0.4, -0.2) is 23.3 Å². The molecule has 0 bridgehead atoms. The molecule has 0 saturated heterocycles. The lowest BCUT2D eigenvalue weighted by Gasteiger charge is -2.07. The quantitative estimate of drug-likeness (QED) is 0.409. The number of benzene rings is 1. The highest BCUT2D eigenvalue weighted by molar-refractivity contribution is 7.92. The molecule has 1 aromatic carbocycles. The molecule has 21 heavy (non-hydrogen) atoms. The highest BCUT2D eigenvalue weighted by atomic mass is 32.2. The predicted molar refractivity (Wildman–Crippen MR) is 73.7 cm³/mol. The van der Waals surface area contributed by atoms with Gasteiger partial charge in [-0.15, -0.1) is 0 Å². The smallest absolute Gasteiger partial charge is 0.295 e. The van der Waals surface area contributed by atoms with E-state index < -0.39 is 20.6 Å². The van der Waals surface area contributed by atoms with E-state index in [4.69, 9.17) is 5.84 Å². The van der Waals surface area contributed by atoms with Crippen LogP contribution in [0.4, 0.5) is 17.3 Å². The van der Waals surface area contributed by atoms with Gasteiger partial charge in [0.25, 0.3) is 15.7 Å². The molecule has 2 rings (SSSR count). The Labute approximate surface area is 119 Å². The number of aromatic nitrogens is 2. The largest absolute Gasteiger partial charge is 0.318 e. The summed E-state index contributed by atoms with van der Waals surface area (Å²) < 4.78 is 26.3. The van der Waals surface area contributed by atoms with Gasteiger partial charge in [0.05, 0.1) is 9.82 Å². The molecule has 0 aliphatic heterocycles. The van der Waals surface area contributed by atoms with Crippen molar-refractivity contribution in [3.05, 3.63) is 46.8 Å². The van der Waals surface area contributed by atoms with Crippen LogP contribution in [0, 0.1) is 10.1 Å². The molecule has 110 valence electrons. The maximum absolute atomic E-state index is 12.1. The molecule has 1 heterocycles. The average molecular weight is 310 g/mol. The lowest BCUT2D eigenvalue weighted by Crippen LogP contribution is -2.16. The lowest BCUT2D eigenvalue weighted by atomic mass is 10.3. The van der Waals surface area contributed by atoms with E-state index in [1.165, 1.54) is 30.6 Å². The van der Waals surface area contributed by atoms with Crippen LogP contribution in [0.3, 0.4) is 0 Å². The van der Waals surface area contributed by atoms with Crippen LogP contribution in [-0.2, 0) is 10.0 Å². The summed E-state index contributed by atoms with van der Waals surface area (Å²) in [6.07, 6.45) is 2.71. The van der Waals surface area contributed by atoms with Gasteiger partial charge in [-0.2, -0.15) is 0 Å². The Kier molecular flexibility index (Phi) is 3.95. The third-order valence-corrected chi connectivity index (χ3v) is 3.75. The van der Waals surface area contributed by atoms with E-state index in [-0.39, 0.29) is 16.5 Å². The SMILES string of the molecule is NNc1ccc(S(=O)(=O)Nc2ncccn2)cc1[N+](=O)[O-]. The highest BCUT2D eigenvalue weighted by Crippen LogP contribution is 2.27. The van der Waals surface area contributed by atoms with Gasteiger partial charge in [-0.05, 0) is 18.2 Å². The first-order valence-corrected chi connectivity index (χ1v) is 6.97. The first-order valence-electron chi connectivity index (χ1n) is 5.49. The summed E-state index contributed by atoms with van der Waals surface area (Å²) in [5.74, 6) is 4.99. The number of rotatable bonds is 5. The number of nitrogens with one attached hydrogen (secondary N) is 2. The summed E-state index contributed by atoms with van der Waals surface area (Å²) in [6, 6.07) is 4.77. The average Bonchev–Trinajstić information content (AvgIpc) is 2.47. The monoisotopic (exact) mass is 310 g/mol. The number of anilines is 2. The van der Waals surface area contributed by atoms with E-state index in [1.807, 2.05) is 0 Å². The minimum absolute atomic E-state index is 0.00471. The summed E-state index contributed by atoms with van der Waals surface area (Å²) in [5, 5.41) is 10.9. The molecule has 1 aromatic heterocycles. The lowest BCUT2D eigenvalue weighted by molar-refractivity contribution is -0.384. The number of sulfonamides is 1. The third kappa shape index (κ3) is 3.21. The maximum atomic E-state index is 12.1. The Bertz CT molecular complexity index is 764. The van der Waals surface area contributed by atoms with Crippen LogP contribution in [0.15, 0.2) is 41.6 Å². The summed E-state index contributed by atoms with van der Waals surface area (Å²) in [4.78, 5) is 17.3. The minimum atomic E-state index is -4.04. The van der Waals surface area contributed by atoms with E-state index in [1.54, 1.807) is 0 Å². The standard InChI is InChI=1S/C10H10N6O4S/c11-14-8-3-2-7(6-9(8)16(17)18)21(19,20)15-10-12-4-1-5-13-10/h1-6,14H,11H2,(H,12,13,15). The zero-order valence-electron chi connectivity index (χ0n) is 10.4. The molecule has 0 aliphatic rings. The van der Waals surface area contributed by atoms with E-state index in [2.05, 4.69) is 20.1 Å². The number of nitro groups is 1. The molecule has 0 radical (unpaired) electrons. The number of nitrogens with zero attached hydrogens (tertiary/aromatic N) is 3. The third-order valence-electron chi connectivity index (χ3n) is 2.42. The Balaban J connectivity index is 2.41. The van der Waals surface area contributed by atoms with Gasteiger partial charge in [0.1, 0.15) is 5.69 Å². The summed E-state index contributed by atoms with van der Waals surface area (Å²) in [7, 11) is -4.04. The Morgan fingerprint density at radius 3 is 2.48 bits per heavy atom. The number of hydrazine groups is 1. The molecule has 10 nitrogen and oxygen atoms in total. The summed E-state index contributed by atoms with van der Waals surface area (Å²) in [6.45, 7) is 0. The van der Waals surface area contributed by atoms with E-state index >= 15 is 0 Å². The van der Waals surface area contributed by atoms with Crippen molar-refractivity contribution in [3.8, 4) is 0 Å². The van der Waals surface area contributed by atoms with Gasteiger partial charge in [0, 0.05) is 18.5 Å². The maximum Gasteiger partial charge on any atom is 0.295 e. The van der Waals surface area contributed by atoms with Gasteiger partial charge in [-0.1, -0.05) is 0 Å². The fourth-order valence-corrected chi connectivity index (χ4v) is 2.46. The molecule has 4 N–H and O–H groups in total. The zero-order chi connectivity index (χ0) is 15.5. The Morgan fingerprint density at radius 1 is 1.24 bits per heavy atom. The van der Waals surface area contributed by atoms with Crippen molar-refractivity contribution >= 4 is 27.3 Å². The van der Waals surface area contributed by atoms with Crippen LogP contribution in [0.2, 0.25) is 0 Å². The van der Waals surface area contributed by atoms with Crippen LogP contribution in [0.5, 0.6) is 0 Å². The Morgan fingerprint density at radius 2 is 1.90 bits per heavy atom. The van der Waals surface area contributed by atoms with Crippen molar-refractivity contribution < 1.29 is 13.3 Å². The fourth-order valence-electron chi connectivity index (χ4n) is 1.48. The fraction of sp³-hybridized carbons (Fsp3) is 0. The van der Waals surface area contributed by atoms with Crippen LogP contribution >= 0.6 is 0 Å². The molecular weight excluding hydrogens is 300 g/mol. The number of nitrogen functional groups attached to an aromatic ring is 1. The number of nitro benzene ring substituents is 1. The van der Waals surface area contributed by atoms with Crippen molar-refractivity contribution in [1.82, 2.24) is 9.97 Å². The molecule has 2 aromatic rings. The first kappa shape index (κ1) is 14.6. The van der Waals surface area contributed by atoms with Crippen LogP contribution < -0.4 is 16.0 Å². The molecule has 0 unspecified atom stereocenters. The molecule has 0 amide bonds. The second-order valence-corrected chi connectivity index (χ2v) is 5.44. The number of nitrogens with two attached hydrogens (primary N) is 1. The van der Waals surface area contributed by atoms with Crippen molar-refractivity contribution in [1.29, 1.82) is 0 Å². The summed E-state index contributed by atoms with van der Waals surface area (Å²) in [5.41, 5.74) is 1.66. The van der Waals surface area contributed by atoms with E-state index in [0.717, 1.165) is 6.07 Å². The first-order chi connectivity index (χ1) is 9.94. The van der Waals surface area contributed by atoms with Gasteiger partial charge in [0.2, 0.25) is 5.95 Å². The highest BCUT2D eigenvalue weighted by Gasteiger charge is 2.21. The second-order valence-electron chi connectivity index (χ2n) is 3.76. The normalized spacial score (nSPS) is 10.9. The van der Waals surface area contributed by atoms with Crippen LogP contribution in [0.1, 0.15) is 0 Å². The minimum Gasteiger partial charge on any atom is -0.318 e. The van der Waals surface area contributed by atoms with Gasteiger partial charge in [-0.25, -0.2) is 23.1 Å². The van der Waals surface area contributed by atoms with Gasteiger partial charge >= 0.3 is 0 Å². The topological polar surface area (TPSA) is 153 Å². The molecule has 0 atom stereocenters. The van der Waals surface area contributed by atoms with Crippen LogP contribution in [0.25, 0.3) is 0 Å². The van der Waals surface area contributed by atoms with Crippen molar-refractivity contribution in [2.24, 2.45) is 5.84 Å². The summed E-state index contributed by atoms with van der Waals surface area (Å²) >= 11 is 0. The van der Waals surface area contributed by atoms with E-state index in [0.29, 0.717) is 0 Å². The molecule has 0 aliphatic carbocycles. The van der Waals surface area contributed by atoms with Crippen molar-refractivity contribution in [2.75, 3.05) is 10.1 Å². The molecule has 0 spiro atoms. The van der Waals surface area contributed by atoms with Crippen molar-refractivity contribution in [3.63, 3.8) is 0 Å². The Hall–Kier alpha value is -2.79. The zero-order valence-corrected chi connectivity index (χ0v) is 11.2. The van der Waals surface area contributed by atoms with Gasteiger partial charge < -0.3 is 5.43 Å². The van der Waals surface area contributed by atoms with E-state index in [9.17, 15) is 18.5 Å². The molecule has 11 heteroatoms. The molecule has 0 fully saturated rings. The van der Waals surface area contributed by atoms with Crippen molar-refractivity contribution in [2.45, 2.75) is 4.90 Å². The second kappa shape index (κ2) is 5.68. The number of hydrogen-bond acceptors (Lipinski definition) is 8. The predicted octanol–water partition coefficient (Wildman–Crippen LogP) is 0.471. The molecular formula is C10H10N6O4S. The molecule has 0 saturated carbocycles. The number of hydrogen-bond donors (Lipinski definition) is 3. The van der Waals surface area contributed by atoms with Gasteiger partial charge in [0.15, 0.2) is 0 Å². The van der Waals surface area contributed by atoms with Gasteiger partial charge in [-0.3, -0.25) is 16.0 Å².